The van der Waals surface area contributed by atoms with Crippen LogP contribution < -0.4 is 5.73 Å². The van der Waals surface area contributed by atoms with Gasteiger partial charge in [0.25, 0.3) is 0 Å². The van der Waals surface area contributed by atoms with Crippen molar-refractivity contribution in [1.82, 2.24) is 5.16 Å². The molecule has 1 aromatic carbocycles. The predicted molar refractivity (Wildman–Crippen MR) is 68.9 cm³/mol. The van der Waals surface area contributed by atoms with E-state index in [9.17, 15) is 8.42 Å². The first-order valence-corrected chi connectivity index (χ1v) is 7.22. The monoisotopic (exact) mass is 266 g/mol. The third kappa shape index (κ3) is 2.24. The van der Waals surface area contributed by atoms with E-state index in [1.165, 1.54) is 12.3 Å². The molecule has 2 rings (SSSR count). The molecule has 5 nitrogen and oxygen atoms in total. The highest BCUT2D eigenvalue weighted by molar-refractivity contribution is 7.90. The van der Waals surface area contributed by atoms with Crippen molar-refractivity contribution in [3.05, 3.63) is 29.3 Å². The molecule has 2 aromatic rings. The van der Waals surface area contributed by atoms with Crippen LogP contribution in [0.1, 0.15) is 11.1 Å². The van der Waals surface area contributed by atoms with Crippen LogP contribution in [0.3, 0.4) is 0 Å². The second-order valence-electron chi connectivity index (χ2n) is 4.32. The van der Waals surface area contributed by atoms with Gasteiger partial charge in [-0.05, 0) is 37.1 Å². The summed E-state index contributed by atoms with van der Waals surface area (Å²) in [5, 5.41) is 3.58. The smallest absolute Gasteiger partial charge is 0.176 e. The van der Waals surface area contributed by atoms with E-state index in [1.807, 2.05) is 13.8 Å². The van der Waals surface area contributed by atoms with Gasteiger partial charge in [-0.2, -0.15) is 0 Å². The van der Waals surface area contributed by atoms with E-state index in [2.05, 4.69) is 5.16 Å². The zero-order valence-electron chi connectivity index (χ0n) is 10.4. The fraction of sp³-hybridized carbons (Fsp3) is 0.250. The Balaban J connectivity index is 2.77. The lowest BCUT2D eigenvalue weighted by Crippen LogP contribution is -2.01. The van der Waals surface area contributed by atoms with Crippen LogP contribution in [0, 0.1) is 13.8 Å². The van der Waals surface area contributed by atoms with Gasteiger partial charge in [-0.3, -0.25) is 0 Å². The van der Waals surface area contributed by atoms with E-state index >= 15 is 0 Å². The fourth-order valence-electron chi connectivity index (χ4n) is 1.70. The third-order valence-electron chi connectivity index (χ3n) is 2.79. The van der Waals surface area contributed by atoms with Crippen molar-refractivity contribution in [2.24, 2.45) is 0 Å². The molecule has 6 heteroatoms. The van der Waals surface area contributed by atoms with E-state index in [0.29, 0.717) is 11.3 Å². The molecule has 0 spiro atoms. The van der Waals surface area contributed by atoms with Crippen LogP contribution in [0.2, 0.25) is 0 Å². The summed E-state index contributed by atoms with van der Waals surface area (Å²) in [5.74, 6) is 0.582. The summed E-state index contributed by atoms with van der Waals surface area (Å²) in [6.45, 7) is 3.77. The highest BCUT2D eigenvalue weighted by Crippen LogP contribution is 2.31. The molecule has 0 aliphatic heterocycles. The Bertz CT molecular complexity index is 702. The predicted octanol–water partition coefficient (Wildman–Crippen LogP) is 1.94. The van der Waals surface area contributed by atoms with Crippen LogP contribution in [-0.4, -0.2) is 19.8 Å². The van der Waals surface area contributed by atoms with Gasteiger partial charge in [0.2, 0.25) is 0 Å². The lowest BCUT2D eigenvalue weighted by atomic mass is 10.0. The molecule has 0 amide bonds. The Kier molecular flexibility index (Phi) is 2.90. The zero-order chi connectivity index (χ0) is 13.5. The van der Waals surface area contributed by atoms with Gasteiger partial charge < -0.3 is 10.3 Å². The van der Waals surface area contributed by atoms with Crippen molar-refractivity contribution in [3.63, 3.8) is 0 Å². The zero-order valence-corrected chi connectivity index (χ0v) is 11.2. The van der Waals surface area contributed by atoms with Crippen molar-refractivity contribution in [2.45, 2.75) is 18.7 Å². The molecule has 96 valence electrons. The fourth-order valence-corrected chi connectivity index (χ4v) is 2.65. The van der Waals surface area contributed by atoms with Crippen molar-refractivity contribution in [3.8, 4) is 11.3 Å². The minimum Gasteiger partial charge on any atom is -0.381 e. The molecule has 0 saturated carbocycles. The van der Waals surface area contributed by atoms with Crippen LogP contribution in [0.4, 0.5) is 5.82 Å². The molecule has 0 radical (unpaired) electrons. The Labute approximate surface area is 106 Å². The van der Waals surface area contributed by atoms with E-state index < -0.39 is 9.84 Å². The largest absolute Gasteiger partial charge is 0.381 e. The molecule has 2 N–H and O–H groups in total. The van der Waals surface area contributed by atoms with E-state index in [4.69, 9.17) is 10.3 Å². The normalized spacial score (nSPS) is 11.7. The number of nitrogen functional groups attached to an aromatic ring is 1. The minimum absolute atomic E-state index is 0.224. The van der Waals surface area contributed by atoms with Crippen LogP contribution in [0.25, 0.3) is 11.3 Å². The molecular formula is C12H14N2O3S. The second-order valence-corrected chi connectivity index (χ2v) is 6.30. The number of aryl methyl sites for hydroxylation is 2. The van der Waals surface area contributed by atoms with Gasteiger partial charge in [0.1, 0.15) is 0 Å². The topological polar surface area (TPSA) is 86.2 Å². The van der Waals surface area contributed by atoms with Crippen molar-refractivity contribution < 1.29 is 12.9 Å². The first-order valence-electron chi connectivity index (χ1n) is 5.33. The SMILES string of the molecule is Cc1cc(-c2cc(N)no2)c(S(C)(=O)=O)cc1C. The number of rotatable bonds is 2. The first-order chi connectivity index (χ1) is 8.29. The quantitative estimate of drug-likeness (QED) is 0.897. The Morgan fingerprint density at radius 2 is 1.78 bits per heavy atom. The maximum Gasteiger partial charge on any atom is 0.176 e. The molecule has 18 heavy (non-hydrogen) atoms. The summed E-state index contributed by atoms with van der Waals surface area (Å²) < 4.78 is 28.6. The number of anilines is 1. The van der Waals surface area contributed by atoms with Gasteiger partial charge in [-0.1, -0.05) is 5.16 Å². The number of nitrogens with two attached hydrogens (primary N) is 1. The molecule has 0 aliphatic carbocycles. The minimum atomic E-state index is -3.34. The van der Waals surface area contributed by atoms with Crippen LogP contribution in [-0.2, 0) is 9.84 Å². The van der Waals surface area contributed by atoms with Crippen molar-refractivity contribution in [2.75, 3.05) is 12.0 Å². The Morgan fingerprint density at radius 3 is 2.28 bits per heavy atom. The van der Waals surface area contributed by atoms with E-state index in [1.54, 1.807) is 12.1 Å². The summed E-state index contributed by atoms with van der Waals surface area (Å²) in [4.78, 5) is 0.224. The summed E-state index contributed by atoms with van der Waals surface area (Å²) in [7, 11) is -3.34. The molecule has 1 aromatic heterocycles. The molecule has 0 saturated heterocycles. The van der Waals surface area contributed by atoms with Gasteiger partial charge in [0.15, 0.2) is 21.4 Å². The summed E-state index contributed by atoms with van der Waals surface area (Å²) in [5.41, 5.74) is 7.87. The van der Waals surface area contributed by atoms with Gasteiger partial charge >= 0.3 is 0 Å². The van der Waals surface area contributed by atoms with Gasteiger partial charge in [0.05, 0.1) is 4.90 Å². The summed E-state index contributed by atoms with van der Waals surface area (Å²) in [6.07, 6.45) is 1.17. The maximum atomic E-state index is 11.8. The molecule has 0 fully saturated rings. The van der Waals surface area contributed by atoms with Crippen LogP contribution in [0.15, 0.2) is 27.6 Å². The second kappa shape index (κ2) is 4.13. The highest BCUT2D eigenvalue weighted by atomic mass is 32.2. The number of aromatic nitrogens is 1. The average Bonchev–Trinajstić information content (AvgIpc) is 2.67. The Hall–Kier alpha value is -1.82. The molecule has 0 aliphatic rings. The number of benzene rings is 1. The van der Waals surface area contributed by atoms with Crippen LogP contribution >= 0.6 is 0 Å². The molecular weight excluding hydrogens is 252 g/mol. The number of nitrogens with zero attached hydrogens (tertiary/aromatic N) is 1. The number of sulfone groups is 1. The third-order valence-corrected chi connectivity index (χ3v) is 3.93. The lowest BCUT2D eigenvalue weighted by Gasteiger charge is -2.09. The maximum absolute atomic E-state index is 11.8. The molecule has 0 bridgehead atoms. The van der Waals surface area contributed by atoms with Gasteiger partial charge in [-0.25, -0.2) is 8.42 Å². The number of hydrogen-bond donors (Lipinski definition) is 1. The van der Waals surface area contributed by atoms with E-state index in [-0.39, 0.29) is 10.7 Å². The van der Waals surface area contributed by atoms with Crippen molar-refractivity contribution in [1.29, 1.82) is 0 Å². The summed E-state index contributed by atoms with van der Waals surface area (Å²) >= 11 is 0. The van der Waals surface area contributed by atoms with Crippen LogP contribution in [0.5, 0.6) is 0 Å². The molecule has 0 atom stereocenters. The Morgan fingerprint density at radius 1 is 1.17 bits per heavy atom. The molecule has 0 unspecified atom stereocenters. The number of hydrogen-bond acceptors (Lipinski definition) is 5. The lowest BCUT2D eigenvalue weighted by molar-refractivity contribution is 0.435. The average molecular weight is 266 g/mol. The summed E-state index contributed by atoms with van der Waals surface area (Å²) in [6, 6.07) is 4.92. The van der Waals surface area contributed by atoms with Gasteiger partial charge in [-0.15, -0.1) is 0 Å². The standard InChI is InChI=1S/C12H14N2O3S/c1-7-4-9(10-6-12(13)14-17-10)11(5-8(7)2)18(3,15)16/h4-6H,1-3H3,(H2,13,14). The van der Waals surface area contributed by atoms with Crippen molar-refractivity contribution >= 4 is 15.7 Å². The molecule has 1 heterocycles. The highest BCUT2D eigenvalue weighted by Gasteiger charge is 2.19. The van der Waals surface area contributed by atoms with E-state index in [0.717, 1.165) is 11.1 Å². The van der Waals surface area contributed by atoms with Gasteiger partial charge in [0, 0.05) is 17.9 Å². The first kappa shape index (κ1) is 12.6.